The second kappa shape index (κ2) is 15.4. The van der Waals surface area contributed by atoms with Crippen LogP contribution in [0.3, 0.4) is 0 Å². The maximum atomic E-state index is 2.51. The average Bonchev–Trinajstić information content (AvgIpc) is 3.72. The van der Waals surface area contributed by atoms with Crippen LogP contribution >= 0.6 is 0 Å². The summed E-state index contributed by atoms with van der Waals surface area (Å²) in [6.07, 6.45) is 0. The lowest BCUT2D eigenvalue weighted by Gasteiger charge is -2.17. The molecule has 0 saturated heterocycles. The van der Waals surface area contributed by atoms with E-state index in [0.29, 0.717) is 5.92 Å². The van der Waals surface area contributed by atoms with Gasteiger partial charge in [0.2, 0.25) is 0 Å². The third-order valence-electron chi connectivity index (χ3n) is 10.5. The van der Waals surface area contributed by atoms with Gasteiger partial charge < -0.3 is 4.57 Å². The molecule has 0 aliphatic heterocycles. The monoisotopic (exact) mass is 681 g/mol. The summed E-state index contributed by atoms with van der Waals surface area (Å²) < 4.78 is 2.51. The van der Waals surface area contributed by atoms with Crippen molar-refractivity contribution in [1.82, 2.24) is 4.57 Å². The highest BCUT2D eigenvalue weighted by atomic mass is 15.0. The topological polar surface area (TPSA) is 4.93 Å². The lowest BCUT2D eigenvalue weighted by Crippen LogP contribution is -2.08. The van der Waals surface area contributed by atoms with Crippen molar-refractivity contribution >= 4 is 21.8 Å². The van der Waals surface area contributed by atoms with E-state index < -0.39 is 0 Å². The number of hydrogen-bond acceptors (Lipinski definition) is 0. The summed E-state index contributed by atoms with van der Waals surface area (Å²) >= 11 is 0. The van der Waals surface area contributed by atoms with Crippen molar-refractivity contribution in [2.75, 3.05) is 0 Å². The summed E-state index contributed by atoms with van der Waals surface area (Å²) in [6.45, 7) is 5.24. The molecule has 1 heterocycles. The van der Waals surface area contributed by atoms with Gasteiger partial charge in [-0.05, 0) is 81.6 Å². The summed E-state index contributed by atoms with van der Waals surface area (Å²) in [5.41, 5.74) is 16.2. The fourth-order valence-corrected chi connectivity index (χ4v) is 7.87. The number of aryl methyl sites for hydroxylation is 2. The largest absolute Gasteiger partial charge is 0.340 e. The Hall–Kier alpha value is -6.44. The van der Waals surface area contributed by atoms with Crippen LogP contribution in [0.15, 0.2) is 206 Å². The molecule has 0 amide bonds. The van der Waals surface area contributed by atoms with Crippen LogP contribution in [0.4, 0.5) is 0 Å². The van der Waals surface area contributed by atoms with Crippen molar-refractivity contribution in [3.05, 3.63) is 229 Å². The Morgan fingerprint density at radius 2 is 0.679 bits per heavy atom. The van der Waals surface area contributed by atoms with Gasteiger partial charge in [0, 0.05) is 34.3 Å². The summed E-state index contributed by atoms with van der Waals surface area (Å²) in [4.78, 5) is 0. The Labute approximate surface area is 313 Å². The quantitative estimate of drug-likeness (QED) is 0.174. The molecule has 8 aromatic carbocycles. The number of benzene rings is 8. The maximum absolute atomic E-state index is 2.51. The zero-order chi connectivity index (χ0) is 36.0. The van der Waals surface area contributed by atoms with E-state index in [1.54, 1.807) is 0 Å². The fraction of sp³-hybridized carbons (Fsp3) is 0.0769. The first-order valence-corrected chi connectivity index (χ1v) is 18.5. The second-order valence-electron chi connectivity index (χ2n) is 13.7. The summed E-state index contributed by atoms with van der Waals surface area (Å²) in [5.74, 6) is 0.386. The molecule has 0 saturated carbocycles. The van der Waals surface area contributed by atoms with E-state index in [1.165, 1.54) is 77.4 Å². The fourth-order valence-electron chi connectivity index (χ4n) is 7.87. The first-order valence-electron chi connectivity index (χ1n) is 18.5. The highest BCUT2D eigenvalue weighted by Crippen LogP contribution is 2.46. The van der Waals surface area contributed by atoms with E-state index in [2.05, 4.69) is 213 Å². The lowest BCUT2D eigenvalue weighted by molar-refractivity contribution is 0.669. The molecule has 1 aliphatic carbocycles. The van der Waals surface area contributed by atoms with Crippen molar-refractivity contribution in [3.8, 4) is 33.4 Å². The molecule has 1 aromatic heterocycles. The van der Waals surface area contributed by atoms with Crippen LogP contribution in [0.5, 0.6) is 0 Å². The number of hydrogen-bond donors (Lipinski definition) is 0. The first kappa shape index (κ1) is 33.7. The Morgan fingerprint density at radius 3 is 1.11 bits per heavy atom. The third kappa shape index (κ3) is 6.95. The van der Waals surface area contributed by atoms with Crippen molar-refractivity contribution in [2.24, 2.45) is 0 Å². The van der Waals surface area contributed by atoms with Crippen molar-refractivity contribution in [3.63, 3.8) is 0 Å². The van der Waals surface area contributed by atoms with Gasteiger partial charge in [0.15, 0.2) is 0 Å². The zero-order valence-electron chi connectivity index (χ0n) is 30.4. The van der Waals surface area contributed by atoms with E-state index in [-0.39, 0.29) is 0 Å². The molecular formula is C52H43N. The van der Waals surface area contributed by atoms with Crippen molar-refractivity contribution < 1.29 is 0 Å². The molecule has 0 unspecified atom stereocenters. The molecule has 256 valence electrons. The van der Waals surface area contributed by atoms with E-state index >= 15 is 0 Å². The minimum Gasteiger partial charge on any atom is -0.340 e. The highest BCUT2D eigenvalue weighted by Gasteiger charge is 2.29. The molecule has 0 radical (unpaired) electrons. The van der Waals surface area contributed by atoms with E-state index in [0.717, 1.165) is 6.54 Å². The molecule has 1 heteroatoms. The molecule has 1 nitrogen and oxygen atoms in total. The predicted molar refractivity (Wildman–Crippen MR) is 226 cm³/mol. The van der Waals surface area contributed by atoms with Gasteiger partial charge in [-0.2, -0.15) is 0 Å². The van der Waals surface area contributed by atoms with Gasteiger partial charge in [-0.25, -0.2) is 0 Å². The number of aromatic nitrogens is 1. The van der Waals surface area contributed by atoms with Gasteiger partial charge in [0.1, 0.15) is 0 Å². The molecule has 0 bridgehead atoms. The molecule has 0 spiro atoms. The number of rotatable bonds is 4. The lowest BCUT2D eigenvalue weighted by atomic mass is 9.97. The van der Waals surface area contributed by atoms with Gasteiger partial charge in [-0.3, -0.25) is 0 Å². The molecule has 0 atom stereocenters. The van der Waals surface area contributed by atoms with E-state index in [1.807, 2.05) is 12.1 Å². The van der Waals surface area contributed by atoms with Gasteiger partial charge in [0.05, 0.1) is 0 Å². The molecule has 0 fully saturated rings. The van der Waals surface area contributed by atoms with Crippen LogP contribution in [0.2, 0.25) is 0 Å². The van der Waals surface area contributed by atoms with E-state index in [4.69, 9.17) is 0 Å². The van der Waals surface area contributed by atoms with Gasteiger partial charge in [-0.15, -0.1) is 0 Å². The number of fused-ring (bicyclic) bond motifs is 6. The van der Waals surface area contributed by atoms with E-state index in [9.17, 15) is 0 Å². The number of para-hydroxylation sites is 2. The summed E-state index contributed by atoms with van der Waals surface area (Å²) in [6, 6.07) is 73.2. The van der Waals surface area contributed by atoms with Gasteiger partial charge in [-0.1, -0.05) is 194 Å². The van der Waals surface area contributed by atoms with Crippen LogP contribution in [-0.2, 0) is 6.54 Å². The summed E-state index contributed by atoms with van der Waals surface area (Å²) in [5, 5.41) is 2.68. The van der Waals surface area contributed by atoms with Crippen molar-refractivity contribution in [1.29, 1.82) is 0 Å². The zero-order valence-corrected chi connectivity index (χ0v) is 30.4. The molecule has 53 heavy (non-hydrogen) atoms. The predicted octanol–water partition coefficient (Wildman–Crippen LogP) is 13.9. The Morgan fingerprint density at radius 1 is 0.340 bits per heavy atom. The van der Waals surface area contributed by atoms with Crippen LogP contribution in [0, 0.1) is 13.8 Å². The smallest absolute Gasteiger partial charge is 0.0491 e. The first-order chi connectivity index (χ1) is 26.2. The minimum absolute atomic E-state index is 0.386. The maximum Gasteiger partial charge on any atom is 0.0491 e. The average molecular weight is 682 g/mol. The standard InChI is InChI=1S/C26H19N.2C13H12/c1-3-11-20-18(9-1)19-10-2-4-12-21(19)24(20)17-27-25-15-7-5-13-22(25)23-14-6-8-16-26(23)27;2*1-11-7-5-6-10-13(11)12-8-3-2-4-9-12/h1-16,24H,17H2;2*2-10H,1H3. The minimum atomic E-state index is 0.386. The Bertz CT molecular complexity index is 2430. The SMILES string of the molecule is Cc1ccccc1-c1ccccc1.Cc1ccccc1-c1ccccc1.c1ccc2c(c1)-c1ccccc1C2Cn1c2ccccc2c2ccccc21. The van der Waals surface area contributed by atoms with Crippen LogP contribution in [0.25, 0.3) is 55.2 Å². The molecule has 10 rings (SSSR count). The Kier molecular flexibility index (Phi) is 9.81. The molecule has 1 aliphatic rings. The Balaban J connectivity index is 0.000000129. The molecular weight excluding hydrogens is 639 g/mol. The molecule has 9 aromatic rings. The summed E-state index contributed by atoms with van der Waals surface area (Å²) in [7, 11) is 0. The highest BCUT2D eigenvalue weighted by molar-refractivity contribution is 6.08. The molecule has 0 N–H and O–H groups in total. The van der Waals surface area contributed by atoms with Crippen molar-refractivity contribution in [2.45, 2.75) is 26.3 Å². The van der Waals surface area contributed by atoms with Crippen LogP contribution in [-0.4, -0.2) is 4.57 Å². The normalized spacial score (nSPS) is 11.6. The van der Waals surface area contributed by atoms with Gasteiger partial charge in [0.25, 0.3) is 0 Å². The number of nitrogens with zero attached hydrogens (tertiary/aromatic N) is 1. The van der Waals surface area contributed by atoms with Crippen LogP contribution in [0.1, 0.15) is 28.2 Å². The van der Waals surface area contributed by atoms with Crippen LogP contribution < -0.4 is 0 Å². The van der Waals surface area contributed by atoms with Gasteiger partial charge >= 0.3 is 0 Å². The third-order valence-corrected chi connectivity index (χ3v) is 10.5. The second-order valence-corrected chi connectivity index (χ2v) is 13.7.